The van der Waals surface area contributed by atoms with Crippen LogP contribution in [0.2, 0.25) is 0 Å². The van der Waals surface area contributed by atoms with Crippen LogP contribution in [-0.2, 0) is 9.53 Å². The van der Waals surface area contributed by atoms with Crippen LogP contribution in [0.1, 0.15) is 46.0 Å². The van der Waals surface area contributed by atoms with Crippen molar-refractivity contribution in [3.63, 3.8) is 0 Å². The van der Waals surface area contributed by atoms with Crippen molar-refractivity contribution in [2.75, 3.05) is 13.7 Å². The van der Waals surface area contributed by atoms with Crippen molar-refractivity contribution in [1.29, 1.82) is 0 Å². The van der Waals surface area contributed by atoms with Crippen LogP contribution >= 0.6 is 0 Å². The summed E-state index contributed by atoms with van der Waals surface area (Å²) < 4.78 is 4.72. The first-order chi connectivity index (χ1) is 7.65. The molecule has 1 N–H and O–H groups in total. The number of esters is 1. The lowest BCUT2D eigenvalue weighted by atomic mass is 9.96. The van der Waals surface area contributed by atoms with E-state index in [-0.39, 0.29) is 11.9 Å². The molecule has 0 saturated heterocycles. The monoisotopic (exact) mass is 227 g/mol. The molecule has 0 spiro atoms. The van der Waals surface area contributed by atoms with Crippen LogP contribution in [0, 0.1) is 11.8 Å². The van der Waals surface area contributed by atoms with Crippen molar-refractivity contribution in [3.8, 4) is 0 Å². The Hall–Kier alpha value is -0.570. The average Bonchev–Trinajstić information content (AvgIpc) is 2.50. The fourth-order valence-corrected chi connectivity index (χ4v) is 2.41. The van der Waals surface area contributed by atoms with E-state index in [2.05, 4.69) is 12.2 Å². The van der Waals surface area contributed by atoms with Gasteiger partial charge in [-0.15, -0.1) is 0 Å². The molecule has 0 radical (unpaired) electrons. The zero-order chi connectivity index (χ0) is 12.0. The fraction of sp³-hybridized carbons (Fsp3) is 0.923. The van der Waals surface area contributed by atoms with Crippen molar-refractivity contribution in [2.24, 2.45) is 11.8 Å². The number of nitrogens with one attached hydrogen (secondary N) is 1. The van der Waals surface area contributed by atoms with Gasteiger partial charge in [-0.2, -0.15) is 0 Å². The molecular weight excluding hydrogens is 202 g/mol. The van der Waals surface area contributed by atoms with E-state index in [4.69, 9.17) is 4.74 Å². The Morgan fingerprint density at radius 1 is 1.38 bits per heavy atom. The summed E-state index contributed by atoms with van der Waals surface area (Å²) in [4.78, 5) is 11.3. The third-order valence-electron chi connectivity index (χ3n) is 3.65. The molecule has 0 amide bonds. The Morgan fingerprint density at radius 3 is 2.75 bits per heavy atom. The molecule has 94 valence electrons. The van der Waals surface area contributed by atoms with E-state index in [9.17, 15) is 4.79 Å². The molecule has 1 aliphatic rings. The second kappa shape index (κ2) is 6.89. The minimum Gasteiger partial charge on any atom is -0.469 e. The third-order valence-corrected chi connectivity index (χ3v) is 3.65. The molecule has 0 aromatic rings. The number of hydrogen-bond donors (Lipinski definition) is 1. The van der Waals surface area contributed by atoms with Gasteiger partial charge in [-0.3, -0.25) is 4.79 Å². The van der Waals surface area contributed by atoms with Gasteiger partial charge in [-0.05, 0) is 18.8 Å². The Kier molecular flexibility index (Phi) is 5.81. The number of carbonyl (C=O) groups is 1. The summed E-state index contributed by atoms with van der Waals surface area (Å²) in [6.07, 6.45) is 6.58. The molecule has 0 bridgehead atoms. The largest absolute Gasteiger partial charge is 0.469 e. The summed E-state index contributed by atoms with van der Waals surface area (Å²) in [5.74, 6) is 0.571. The lowest BCUT2D eigenvalue weighted by molar-refractivity contribution is -0.144. The summed E-state index contributed by atoms with van der Waals surface area (Å²) in [6, 6.07) is 0.578. The predicted molar refractivity (Wildman–Crippen MR) is 65.2 cm³/mol. The van der Waals surface area contributed by atoms with Gasteiger partial charge in [0.2, 0.25) is 0 Å². The van der Waals surface area contributed by atoms with Crippen molar-refractivity contribution >= 4 is 5.97 Å². The second-order valence-corrected chi connectivity index (χ2v) is 5.05. The van der Waals surface area contributed by atoms with Crippen LogP contribution in [0.25, 0.3) is 0 Å². The van der Waals surface area contributed by atoms with Crippen LogP contribution in [0.4, 0.5) is 0 Å². The Labute approximate surface area is 98.9 Å². The first kappa shape index (κ1) is 13.5. The quantitative estimate of drug-likeness (QED) is 0.592. The Bertz CT molecular complexity index is 218. The molecule has 0 heterocycles. The summed E-state index contributed by atoms with van der Waals surface area (Å²) in [7, 11) is 1.45. The molecule has 3 nitrogen and oxygen atoms in total. The summed E-state index contributed by atoms with van der Waals surface area (Å²) in [6.45, 7) is 4.97. The lowest BCUT2D eigenvalue weighted by Gasteiger charge is -2.24. The topological polar surface area (TPSA) is 38.3 Å². The zero-order valence-corrected chi connectivity index (χ0v) is 10.8. The number of methoxy groups -OCH3 is 1. The molecular formula is C13H25NO2. The number of hydrogen-bond acceptors (Lipinski definition) is 3. The number of ether oxygens (including phenoxy) is 1. The van der Waals surface area contributed by atoms with Crippen molar-refractivity contribution in [2.45, 2.75) is 52.0 Å². The normalized spacial score (nSPS) is 28.2. The van der Waals surface area contributed by atoms with Gasteiger partial charge < -0.3 is 10.1 Å². The summed E-state index contributed by atoms with van der Waals surface area (Å²) in [5.41, 5.74) is 0. The fourth-order valence-electron chi connectivity index (χ4n) is 2.41. The molecule has 1 aliphatic carbocycles. The molecule has 0 aromatic heterocycles. The maximum Gasteiger partial charge on any atom is 0.309 e. The smallest absolute Gasteiger partial charge is 0.309 e. The van der Waals surface area contributed by atoms with E-state index in [1.807, 2.05) is 6.92 Å². The van der Waals surface area contributed by atoms with Gasteiger partial charge in [0, 0.05) is 12.6 Å². The molecule has 16 heavy (non-hydrogen) atoms. The molecule has 0 aliphatic heterocycles. The number of carbonyl (C=O) groups excluding carboxylic acids is 1. The average molecular weight is 227 g/mol. The third kappa shape index (κ3) is 4.12. The van der Waals surface area contributed by atoms with Crippen LogP contribution < -0.4 is 5.32 Å². The van der Waals surface area contributed by atoms with Crippen LogP contribution in [0.5, 0.6) is 0 Å². The molecule has 0 aromatic carbocycles. The minimum absolute atomic E-state index is 0.0412. The lowest BCUT2D eigenvalue weighted by Crippen LogP contribution is -2.38. The highest BCUT2D eigenvalue weighted by atomic mass is 16.5. The standard InChI is InChI=1S/C13H25NO2/c1-10-7-5-4-6-8-12(10)14-9-11(2)13(15)16-3/h10-12,14H,4-9H2,1-3H3. The van der Waals surface area contributed by atoms with Crippen molar-refractivity contribution in [1.82, 2.24) is 5.32 Å². The van der Waals surface area contributed by atoms with E-state index in [0.29, 0.717) is 6.04 Å². The van der Waals surface area contributed by atoms with E-state index >= 15 is 0 Å². The highest BCUT2D eigenvalue weighted by molar-refractivity contribution is 5.72. The highest BCUT2D eigenvalue weighted by Gasteiger charge is 2.21. The SMILES string of the molecule is COC(=O)C(C)CNC1CCCCCC1C. The first-order valence-electron chi connectivity index (χ1n) is 6.46. The van der Waals surface area contributed by atoms with Gasteiger partial charge in [0.25, 0.3) is 0 Å². The van der Waals surface area contributed by atoms with Gasteiger partial charge in [0.15, 0.2) is 0 Å². The minimum atomic E-state index is -0.117. The molecule has 1 rings (SSSR count). The van der Waals surface area contributed by atoms with Crippen LogP contribution in [0.15, 0.2) is 0 Å². The van der Waals surface area contributed by atoms with Gasteiger partial charge >= 0.3 is 5.97 Å². The van der Waals surface area contributed by atoms with E-state index < -0.39 is 0 Å². The van der Waals surface area contributed by atoms with Crippen LogP contribution in [0.3, 0.4) is 0 Å². The Morgan fingerprint density at radius 2 is 2.06 bits per heavy atom. The van der Waals surface area contributed by atoms with Gasteiger partial charge in [0.05, 0.1) is 13.0 Å². The number of rotatable bonds is 4. The first-order valence-corrected chi connectivity index (χ1v) is 6.46. The van der Waals surface area contributed by atoms with Gasteiger partial charge in [-0.1, -0.05) is 33.1 Å². The van der Waals surface area contributed by atoms with E-state index in [1.165, 1.54) is 39.2 Å². The predicted octanol–water partition coefficient (Wildman–Crippen LogP) is 2.35. The van der Waals surface area contributed by atoms with Crippen molar-refractivity contribution in [3.05, 3.63) is 0 Å². The molecule has 1 fully saturated rings. The second-order valence-electron chi connectivity index (χ2n) is 5.05. The molecule has 3 unspecified atom stereocenters. The molecule has 3 atom stereocenters. The van der Waals surface area contributed by atoms with Gasteiger partial charge in [-0.25, -0.2) is 0 Å². The highest BCUT2D eigenvalue weighted by Crippen LogP contribution is 2.23. The summed E-state index contributed by atoms with van der Waals surface area (Å²) >= 11 is 0. The Balaban J connectivity index is 2.32. The van der Waals surface area contributed by atoms with Crippen molar-refractivity contribution < 1.29 is 9.53 Å². The van der Waals surface area contributed by atoms with E-state index in [1.54, 1.807) is 0 Å². The van der Waals surface area contributed by atoms with E-state index in [0.717, 1.165) is 12.5 Å². The summed E-state index contributed by atoms with van der Waals surface area (Å²) in [5, 5.41) is 3.53. The maximum atomic E-state index is 11.3. The van der Waals surface area contributed by atoms with Crippen LogP contribution in [-0.4, -0.2) is 25.7 Å². The maximum absolute atomic E-state index is 11.3. The molecule has 3 heteroatoms. The zero-order valence-electron chi connectivity index (χ0n) is 10.8. The molecule has 1 saturated carbocycles. The van der Waals surface area contributed by atoms with Gasteiger partial charge in [0.1, 0.15) is 0 Å².